The molecule has 5 nitrogen and oxygen atoms in total. The Morgan fingerprint density at radius 3 is 2.89 bits per heavy atom. The zero-order valence-electron chi connectivity index (χ0n) is 10.2. The van der Waals surface area contributed by atoms with Crippen molar-refractivity contribution >= 4 is 17.4 Å². The number of nitrogens with zero attached hydrogens (tertiary/aromatic N) is 2. The first-order valence-electron chi connectivity index (χ1n) is 5.56. The van der Waals surface area contributed by atoms with Crippen LogP contribution in [0.2, 0.25) is 0 Å². The van der Waals surface area contributed by atoms with Crippen molar-refractivity contribution in [1.29, 1.82) is 0 Å². The van der Waals surface area contributed by atoms with Crippen LogP contribution in [0.1, 0.15) is 25.6 Å². The lowest BCUT2D eigenvalue weighted by Gasteiger charge is -2.07. The normalized spacial score (nSPS) is 10.8. The van der Waals surface area contributed by atoms with Gasteiger partial charge in [-0.25, -0.2) is 9.97 Å². The van der Waals surface area contributed by atoms with Crippen LogP contribution in [0.3, 0.4) is 0 Å². The fraction of sp³-hybridized carbons (Fsp3) is 0.250. The van der Waals surface area contributed by atoms with Crippen LogP contribution in [0.25, 0.3) is 0 Å². The molecule has 2 aromatic heterocycles. The Balaban J connectivity index is 2.35. The van der Waals surface area contributed by atoms with Gasteiger partial charge < -0.3 is 10.7 Å². The van der Waals surface area contributed by atoms with Gasteiger partial charge in [0.15, 0.2) is 0 Å². The smallest absolute Gasteiger partial charge is 0.252 e. The van der Waals surface area contributed by atoms with Gasteiger partial charge in [0.05, 0.1) is 5.69 Å². The minimum atomic E-state index is -0.161. The highest BCUT2D eigenvalue weighted by molar-refractivity contribution is 7.99. The third-order valence-corrected chi connectivity index (χ3v) is 3.24. The minimum Gasteiger partial charge on any atom is -0.397 e. The van der Waals surface area contributed by atoms with Gasteiger partial charge in [-0.15, -0.1) is 0 Å². The van der Waals surface area contributed by atoms with Crippen molar-refractivity contribution in [3.8, 4) is 0 Å². The van der Waals surface area contributed by atoms with Gasteiger partial charge in [-0.1, -0.05) is 13.8 Å². The number of pyridine rings is 1. The van der Waals surface area contributed by atoms with Gasteiger partial charge in [0.1, 0.15) is 15.9 Å². The van der Waals surface area contributed by atoms with Gasteiger partial charge in [0, 0.05) is 18.2 Å². The van der Waals surface area contributed by atoms with E-state index in [0.717, 1.165) is 0 Å². The molecule has 0 aliphatic heterocycles. The van der Waals surface area contributed by atoms with Crippen molar-refractivity contribution in [1.82, 2.24) is 15.0 Å². The molecule has 94 valence electrons. The van der Waals surface area contributed by atoms with E-state index in [1.807, 2.05) is 13.8 Å². The molecule has 0 bridgehead atoms. The summed E-state index contributed by atoms with van der Waals surface area (Å²) >= 11 is 1.29. The molecular weight excluding hydrogens is 248 g/mol. The Morgan fingerprint density at radius 2 is 2.22 bits per heavy atom. The molecule has 0 radical (unpaired) electrons. The lowest BCUT2D eigenvalue weighted by Crippen LogP contribution is -2.11. The number of nitrogens with one attached hydrogen (secondary N) is 1. The van der Waals surface area contributed by atoms with Crippen LogP contribution in [0.15, 0.2) is 39.2 Å². The van der Waals surface area contributed by atoms with Crippen molar-refractivity contribution < 1.29 is 0 Å². The number of aromatic amines is 1. The highest BCUT2D eigenvalue weighted by Gasteiger charge is 2.08. The van der Waals surface area contributed by atoms with Gasteiger partial charge in [0.2, 0.25) is 0 Å². The van der Waals surface area contributed by atoms with Crippen molar-refractivity contribution in [3.05, 3.63) is 40.6 Å². The summed E-state index contributed by atoms with van der Waals surface area (Å²) in [6.07, 6.45) is 1.66. The Bertz CT molecular complexity index is 609. The second-order valence-electron chi connectivity index (χ2n) is 4.12. The summed E-state index contributed by atoms with van der Waals surface area (Å²) in [5, 5.41) is 1.26. The van der Waals surface area contributed by atoms with E-state index in [4.69, 9.17) is 5.73 Å². The molecule has 0 aliphatic carbocycles. The fourth-order valence-electron chi connectivity index (χ4n) is 1.37. The highest BCUT2D eigenvalue weighted by Crippen LogP contribution is 2.28. The third-order valence-electron chi connectivity index (χ3n) is 2.29. The molecule has 3 N–H and O–H groups in total. The summed E-state index contributed by atoms with van der Waals surface area (Å²) in [5.41, 5.74) is 6.23. The molecule has 6 heteroatoms. The van der Waals surface area contributed by atoms with Crippen LogP contribution >= 0.6 is 11.8 Å². The highest BCUT2D eigenvalue weighted by atomic mass is 32.2. The SMILES string of the molecule is CC(C)c1nc(Sc2ncccc2N)cc(=O)[nH]1. The number of H-pyrrole nitrogens is 1. The summed E-state index contributed by atoms with van der Waals surface area (Å²) in [6.45, 7) is 3.95. The van der Waals surface area contributed by atoms with Crippen LogP contribution in [0.4, 0.5) is 5.69 Å². The molecule has 2 heterocycles. The standard InChI is InChI=1S/C12H14N4OS/c1-7(2)11-15-9(17)6-10(16-11)18-12-8(13)4-3-5-14-12/h3-7H,13H2,1-2H3,(H,15,16,17). The van der Waals surface area contributed by atoms with E-state index >= 15 is 0 Å². The molecule has 0 aromatic carbocycles. The summed E-state index contributed by atoms with van der Waals surface area (Å²) < 4.78 is 0. The molecule has 18 heavy (non-hydrogen) atoms. The number of hydrogen-bond donors (Lipinski definition) is 2. The van der Waals surface area contributed by atoms with Gasteiger partial charge in [-0.2, -0.15) is 0 Å². The summed E-state index contributed by atoms with van der Waals surface area (Å²) in [6, 6.07) is 4.99. The van der Waals surface area contributed by atoms with Gasteiger partial charge in [0.25, 0.3) is 5.56 Å². The molecular formula is C12H14N4OS. The van der Waals surface area contributed by atoms with E-state index < -0.39 is 0 Å². The molecule has 0 saturated heterocycles. The van der Waals surface area contributed by atoms with E-state index in [1.54, 1.807) is 18.3 Å². The van der Waals surface area contributed by atoms with Crippen molar-refractivity contribution in [2.45, 2.75) is 29.8 Å². The Labute approximate surface area is 109 Å². The van der Waals surface area contributed by atoms with Crippen molar-refractivity contribution in [3.63, 3.8) is 0 Å². The molecule has 2 rings (SSSR count). The zero-order valence-corrected chi connectivity index (χ0v) is 11.0. The van der Waals surface area contributed by atoms with E-state index in [0.29, 0.717) is 21.6 Å². The number of hydrogen-bond acceptors (Lipinski definition) is 5. The Morgan fingerprint density at radius 1 is 1.44 bits per heavy atom. The van der Waals surface area contributed by atoms with Crippen molar-refractivity contribution in [2.75, 3.05) is 5.73 Å². The summed E-state index contributed by atoms with van der Waals surface area (Å²) in [5.74, 6) is 0.832. The number of nitrogen functional groups attached to an aromatic ring is 1. The molecule has 0 aliphatic rings. The van der Waals surface area contributed by atoms with Crippen molar-refractivity contribution in [2.24, 2.45) is 0 Å². The molecule has 0 saturated carbocycles. The largest absolute Gasteiger partial charge is 0.397 e. The summed E-state index contributed by atoms with van der Waals surface area (Å²) in [4.78, 5) is 22.8. The van der Waals surface area contributed by atoms with E-state index in [1.165, 1.54) is 17.8 Å². The minimum absolute atomic E-state index is 0.161. The topological polar surface area (TPSA) is 84.7 Å². The van der Waals surface area contributed by atoms with Gasteiger partial charge in [-0.05, 0) is 23.9 Å². The fourth-order valence-corrected chi connectivity index (χ4v) is 2.17. The molecule has 0 atom stereocenters. The molecule has 0 unspecified atom stereocenters. The predicted molar refractivity (Wildman–Crippen MR) is 71.7 cm³/mol. The maximum atomic E-state index is 11.5. The number of nitrogens with two attached hydrogens (primary N) is 1. The average molecular weight is 262 g/mol. The van der Waals surface area contributed by atoms with Crippen LogP contribution in [-0.2, 0) is 0 Å². The third kappa shape index (κ3) is 2.89. The number of rotatable bonds is 3. The van der Waals surface area contributed by atoms with Crippen LogP contribution < -0.4 is 11.3 Å². The predicted octanol–water partition coefficient (Wildman–Crippen LogP) is 2.02. The number of aromatic nitrogens is 3. The second kappa shape index (κ2) is 5.22. The molecule has 2 aromatic rings. The number of anilines is 1. The first-order chi connectivity index (χ1) is 8.56. The molecule has 0 amide bonds. The second-order valence-corrected chi connectivity index (χ2v) is 5.13. The lowest BCUT2D eigenvalue weighted by atomic mass is 10.2. The monoisotopic (exact) mass is 262 g/mol. The van der Waals surface area contributed by atoms with E-state index in [9.17, 15) is 4.79 Å². The van der Waals surface area contributed by atoms with Gasteiger partial charge in [-0.3, -0.25) is 4.79 Å². The lowest BCUT2D eigenvalue weighted by molar-refractivity contribution is 0.744. The zero-order chi connectivity index (χ0) is 13.1. The van der Waals surface area contributed by atoms with E-state index in [-0.39, 0.29) is 11.5 Å². The molecule has 0 spiro atoms. The average Bonchev–Trinajstić information content (AvgIpc) is 2.31. The summed E-state index contributed by atoms with van der Waals surface area (Å²) in [7, 11) is 0. The van der Waals surface area contributed by atoms with Crippen LogP contribution in [-0.4, -0.2) is 15.0 Å². The Hall–Kier alpha value is -1.82. The van der Waals surface area contributed by atoms with Crippen LogP contribution in [0.5, 0.6) is 0 Å². The van der Waals surface area contributed by atoms with Gasteiger partial charge >= 0.3 is 0 Å². The first-order valence-corrected chi connectivity index (χ1v) is 6.37. The van der Waals surface area contributed by atoms with E-state index in [2.05, 4.69) is 15.0 Å². The molecule has 0 fully saturated rings. The quantitative estimate of drug-likeness (QED) is 0.827. The Kier molecular flexibility index (Phi) is 3.66. The maximum Gasteiger partial charge on any atom is 0.252 e. The maximum absolute atomic E-state index is 11.5. The van der Waals surface area contributed by atoms with Crippen LogP contribution in [0, 0.1) is 0 Å². The first kappa shape index (κ1) is 12.6.